The minimum Gasteiger partial charge on any atom is -0.493 e. The number of nitrogens with one attached hydrogen (secondary N) is 2. The lowest BCUT2D eigenvalue weighted by Gasteiger charge is -2.16. The Morgan fingerprint density at radius 3 is 2.75 bits per heavy atom. The molecule has 1 aromatic carbocycles. The molecule has 0 bridgehead atoms. The highest BCUT2D eigenvalue weighted by molar-refractivity contribution is 7.88. The largest absolute Gasteiger partial charge is 0.493 e. The molecule has 0 saturated carbocycles. The van der Waals surface area contributed by atoms with Gasteiger partial charge in [-0.25, -0.2) is 17.7 Å². The lowest BCUT2D eigenvalue weighted by atomic mass is 10.1. The first-order chi connectivity index (χ1) is 13.3. The lowest BCUT2D eigenvalue weighted by molar-refractivity contribution is 0.314. The molecule has 1 fully saturated rings. The first-order valence-corrected chi connectivity index (χ1v) is 11.9. The molecular weight excluding hydrogens is 376 g/mol. The average molecular weight is 411 g/mol. The van der Waals surface area contributed by atoms with Crippen LogP contribution in [-0.4, -0.2) is 57.7 Å². The van der Waals surface area contributed by atoms with E-state index in [9.17, 15) is 8.42 Å². The molecule has 1 saturated heterocycles. The van der Waals surface area contributed by atoms with Crippen LogP contribution in [0.3, 0.4) is 0 Å². The number of aryl methyl sites for hydroxylation is 1. The molecule has 0 radical (unpaired) electrons. The fourth-order valence-corrected chi connectivity index (χ4v) is 4.07. The van der Waals surface area contributed by atoms with E-state index in [1.54, 1.807) is 4.31 Å². The highest BCUT2D eigenvalue weighted by atomic mass is 32.2. The zero-order chi connectivity index (χ0) is 20.6. The third-order valence-corrected chi connectivity index (χ3v) is 5.98. The van der Waals surface area contributed by atoms with Crippen LogP contribution in [0, 0.1) is 12.8 Å². The van der Waals surface area contributed by atoms with Gasteiger partial charge in [0.25, 0.3) is 0 Å². The number of hydrogen-bond acceptors (Lipinski definition) is 4. The van der Waals surface area contributed by atoms with Gasteiger partial charge in [0.05, 0.1) is 19.4 Å². The number of nitrogens with zero attached hydrogens (tertiary/aromatic N) is 2. The Labute approximate surface area is 169 Å². The van der Waals surface area contributed by atoms with E-state index in [1.807, 2.05) is 6.92 Å². The topological polar surface area (TPSA) is 83.0 Å². The summed E-state index contributed by atoms with van der Waals surface area (Å²) in [6, 6.07) is 6.19. The van der Waals surface area contributed by atoms with Gasteiger partial charge in [-0.05, 0) is 44.2 Å². The van der Waals surface area contributed by atoms with E-state index in [0.717, 1.165) is 36.7 Å². The van der Waals surface area contributed by atoms with Gasteiger partial charge >= 0.3 is 0 Å². The van der Waals surface area contributed by atoms with Crippen LogP contribution in [0.4, 0.5) is 0 Å². The molecule has 1 aromatic rings. The van der Waals surface area contributed by atoms with Crippen molar-refractivity contribution < 1.29 is 13.2 Å². The lowest BCUT2D eigenvalue weighted by Crippen LogP contribution is -2.40. The number of sulfonamides is 1. The van der Waals surface area contributed by atoms with Gasteiger partial charge in [0.15, 0.2) is 5.96 Å². The summed E-state index contributed by atoms with van der Waals surface area (Å²) in [6.45, 7) is 10.0. The third kappa shape index (κ3) is 6.98. The Hall–Kier alpha value is -1.80. The average Bonchev–Trinajstić information content (AvgIpc) is 3.13. The van der Waals surface area contributed by atoms with Gasteiger partial charge in [-0.1, -0.05) is 19.1 Å². The van der Waals surface area contributed by atoms with Crippen molar-refractivity contribution in [3.63, 3.8) is 0 Å². The summed E-state index contributed by atoms with van der Waals surface area (Å²) in [5.41, 5.74) is 2.22. The monoisotopic (exact) mass is 410 g/mol. The first-order valence-electron chi connectivity index (χ1n) is 10.0. The van der Waals surface area contributed by atoms with Crippen molar-refractivity contribution in [3.05, 3.63) is 29.3 Å². The fraction of sp³-hybridized carbons (Fsp3) is 0.650. The Balaban J connectivity index is 1.97. The van der Waals surface area contributed by atoms with E-state index in [-0.39, 0.29) is 0 Å². The Bertz CT molecular complexity index is 765. The number of aliphatic imine (C=N–C) groups is 1. The van der Waals surface area contributed by atoms with Crippen molar-refractivity contribution in [3.8, 4) is 5.75 Å². The van der Waals surface area contributed by atoms with Crippen LogP contribution in [0.1, 0.15) is 37.8 Å². The van der Waals surface area contributed by atoms with E-state index in [4.69, 9.17) is 9.73 Å². The molecule has 1 aliphatic heterocycles. The summed E-state index contributed by atoms with van der Waals surface area (Å²) in [6.07, 6.45) is 3.10. The SMILES string of the molecule is CCCOc1cc(C)ccc1CN=C(NCC)NCC1CCN(S(C)(=O)=O)C1. The quantitative estimate of drug-likeness (QED) is 0.481. The molecule has 2 rings (SSSR count). The third-order valence-electron chi connectivity index (χ3n) is 4.71. The van der Waals surface area contributed by atoms with E-state index < -0.39 is 10.0 Å². The van der Waals surface area contributed by atoms with Crippen LogP contribution in [-0.2, 0) is 16.6 Å². The number of guanidine groups is 1. The highest BCUT2D eigenvalue weighted by Gasteiger charge is 2.28. The van der Waals surface area contributed by atoms with Crippen molar-refractivity contribution in [2.45, 2.75) is 40.2 Å². The summed E-state index contributed by atoms with van der Waals surface area (Å²) in [5.74, 6) is 1.92. The smallest absolute Gasteiger partial charge is 0.211 e. The normalized spacial score (nSPS) is 18.3. The molecule has 2 N–H and O–H groups in total. The van der Waals surface area contributed by atoms with E-state index in [1.165, 1.54) is 11.8 Å². The second-order valence-corrected chi connectivity index (χ2v) is 9.29. The van der Waals surface area contributed by atoms with Gasteiger partial charge in [0.2, 0.25) is 10.0 Å². The van der Waals surface area contributed by atoms with E-state index in [0.29, 0.717) is 38.7 Å². The summed E-state index contributed by atoms with van der Waals surface area (Å²) in [4.78, 5) is 4.69. The van der Waals surface area contributed by atoms with Crippen LogP contribution < -0.4 is 15.4 Å². The molecule has 158 valence electrons. The predicted octanol–water partition coefficient (Wildman–Crippen LogP) is 2.12. The molecule has 0 aliphatic carbocycles. The van der Waals surface area contributed by atoms with Gasteiger partial charge in [0, 0.05) is 31.7 Å². The maximum absolute atomic E-state index is 11.7. The molecule has 7 nitrogen and oxygen atoms in total. The molecule has 1 atom stereocenters. The molecule has 0 spiro atoms. The Morgan fingerprint density at radius 1 is 1.32 bits per heavy atom. The molecule has 1 aliphatic rings. The van der Waals surface area contributed by atoms with Crippen molar-refractivity contribution >= 4 is 16.0 Å². The summed E-state index contributed by atoms with van der Waals surface area (Å²) < 4.78 is 30.8. The van der Waals surface area contributed by atoms with Gasteiger partial charge in [-0.15, -0.1) is 0 Å². The van der Waals surface area contributed by atoms with Crippen LogP contribution in [0.5, 0.6) is 5.75 Å². The van der Waals surface area contributed by atoms with Crippen LogP contribution >= 0.6 is 0 Å². The van der Waals surface area contributed by atoms with Crippen molar-refractivity contribution in [1.29, 1.82) is 0 Å². The van der Waals surface area contributed by atoms with Gasteiger partial charge in [-0.2, -0.15) is 0 Å². The van der Waals surface area contributed by atoms with Crippen LogP contribution in [0.2, 0.25) is 0 Å². The summed E-state index contributed by atoms with van der Waals surface area (Å²) in [5, 5.41) is 6.61. The zero-order valence-electron chi connectivity index (χ0n) is 17.5. The molecular formula is C20H34N4O3S. The number of benzene rings is 1. The maximum Gasteiger partial charge on any atom is 0.211 e. The Kier molecular flexibility index (Phi) is 8.57. The van der Waals surface area contributed by atoms with Crippen molar-refractivity contribution in [1.82, 2.24) is 14.9 Å². The fourth-order valence-electron chi connectivity index (χ4n) is 3.15. The van der Waals surface area contributed by atoms with Crippen molar-refractivity contribution in [2.75, 3.05) is 39.0 Å². The second-order valence-electron chi connectivity index (χ2n) is 7.31. The predicted molar refractivity (Wildman–Crippen MR) is 114 cm³/mol. The van der Waals surface area contributed by atoms with Gasteiger partial charge < -0.3 is 15.4 Å². The summed E-state index contributed by atoms with van der Waals surface area (Å²) >= 11 is 0. The highest BCUT2D eigenvalue weighted by Crippen LogP contribution is 2.22. The maximum atomic E-state index is 11.7. The number of ether oxygens (including phenoxy) is 1. The number of hydrogen-bond donors (Lipinski definition) is 2. The molecule has 1 unspecified atom stereocenters. The first kappa shape index (κ1) is 22.5. The van der Waals surface area contributed by atoms with Crippen LogP contribution in [0.15, 0.2) is 23.2 Å². The standard InChI is InChI=1S/C20H34N4O3S/c1-5-11-27-19-12-16(3)7-8-18(19)14-23-20(21-6-2)22-13-17-9-10-24(15-17)28(4,25)26/h7-8,12,17H,5-6,9-11,13-15H2,1-4H3,(H2,21,22,23). The molecule has 1 heterocycles. The van der Waals surface area contributed by atoms with Crippen molar-refractivity contribution in [2.24, 2.45) is 10.9 Å². The van der Waals surface area contributed by atoms with E-state index in [2.05, 4.69) is 42.7 Å². The van der Waals surface area contributed by atoms with Gasteiger partial charge in [-0.3, -0.25) is 0 Å². The molecule has 28 heavy (non-hydrogen) atoms. The molecule has 0 aromatic heterocycles. The molecule has 0 amide bonds. The second kappa shape index (κ2) is 10.7. The molecule has 8 heteroatoms. The van der Waals surface area contributed by atoms with E-state index >= 15 is 0 Å². The van der Waals surface area contributed by atoms with Crippen LogP contribution in [0.25, 0.3) is 0 Å². The summed E-state index contributed by atoms with van der Waals surface area (Å²) in [7, 11) is -3.10. The minimum absolute atomic E-state index is 0.293. The Morgan fingerprint density at radius 2 is 2.11 bits per heavy atom. The number of rotatable bonds is 9. The van der Waals surface area contributed by atoms with Gasteiger partial charge in [0.1, 0.15) is 5.75 Å². The minimum atomic E-state index is -3.10. The zero-order valence-corrected chi connectivity index (χ0v) is 18.3.